The topological polar surface area (TPSA) is 58.6 Å². The van der Waals surface area contributed by atoms with Gasteiger partial charge in [0, 0.05) is 25.3 Å². The zero-order chi connectivity index (χ0) is 18.4. The van der Waals surface area contributed by atoms with Crippen molar-refractivity contribution < 1.29 is 13.2 Å². The molecular weight excluding hydrogens is 336 g/mol. The summed E-state index contributed by atoms with van der Waals surface area (Å²) >= 11 is 0. The van der Waals surface area contributed by atoms with Crippen LogP contribution in [0.25, 0.3) is 0 Å². The summed E-state index contributed by atoms with van der Waals surface area (Å²) in [5, 5.41) is 0. The molecule has 0 aromatic heterocycles. The lowest BCUT2D eigenvalue weighted by atomic mass is 10.2. The van der Waals surface area contributed by atoms with Crippen molar-refractivity contribution in [1.82, 2.24) is 4.72 Å². The van der Waals surface area contributed by atoms with Gasteiger partial charge in [0.1, 0.15) is 5.75 Å². The number of sulfonamides is 1. The van der Waals surface area contributed by atoms with Gasteiger partial charge in [0.05, 0.1) is 18.6 Å². The van der Waals surface area contributed by atoms with Crippen molar-refractivity contribution in [1.29, 1.82) is 0 Å². The number of anilines is 1. The molecule has 0 bridgehead atoms. The van der Waals surface area contributed by atoms with Gasteiger partial charge in [-0.05, 0) is 55.0 Å². The molecule has 0 unspecified atom stereocenters. The van der Waals surface area contributed by atoms with Gasteiger partial charge in [-0.3, -0.25) is 0 Å². The van der Waals surface area contributed by atoms with Gasteiger partial charge in [0.15, 0.2) is 0 Å². The zero-order valence-electron chi connectivity index (χ0n) is 14.8. The summed E-state index contributed by atoms with van der Waals surface area (Å²) in [6, 6.07) is 12.5. The maximum atomic E-state index is 12.3. The molecule has 2 rings (SSSR count). The fourth-order valence-corrected chi connectivity index (χ4v) is 3.23. The maximum absolute atomic E-state index is 12.3. The SMILES string of the molecule is COc1ccc(S(=O)(=O)NCC#Cc2ccc(N(C)C)cc2)cc1C. The molecule has 2 aromatic rings. The smallest absolute Gasteiger partial charge is 0.241 e. The summed E-state index contributed by atoms with van der Waals surface area (Å²) in [7, 11) is 1.89. The third-order valence-electron chi connectivity index (χ3n) is 3.64. The average Bonchev–Trinajstić information content (AvgIpc) is 2.59. The number of hydrogen-bond donors (Lipinski definition) is 1. The lowest BCUT2D eigenvalue weighted by Gasteiger charge is -2.11. The Hall–Kier alpha value is -2.49. The van der Waals surface area contributed by atoms with Crippen molar-refractivity contribution in [2.75, 3.05) is 32.6 Å². The first kappa shape index (κ1) is 18.8. The number of benzene rings is 2. The Morgan fingerprint density at radius 1 is 1.12 bits per heavy atom. The van der Waals surface area contributed by atoms with E-state index in [1.807, 2.05) is 43.3 Å². The van der Waals surface area contributed by atoms with Crippen molar-refractivity contribution in [3.8, 4) is 17.6 Å². The second-order valence-electron chi connectivity index (χ2n) is 5.70. The van der Waals surface area contributed by atoms with Gasteiger partial charge in [-0.15, -0.1) is 0 Å². The fourth-order valence-electron chi connectivity index (χ4n) is 2.22. The molecule has 0 radical (unpaired) electrons. The molecule has 0 saturated carbocycles. The lowest BCUT2D eigenvalue weighted by Crippen LogP contribution is -2.24. The Labute approximate surface area is 149 Å². The third kappa shape index (κ3) is 4.99. The van der Waals surface area contributed by atoms with Gasteiger partial charge >= 0.3 is 0 Å². The minimum absolute atomic E-state index is 0.0445. The zero-order valence-corrected chi connectivity index (χ0v) is 15.6. The first-order valence-corrected chi connectivity index (χ1v) is 9.22. The van der Waals surface area contributed by atoms with Crippen molar-refractivity contribution in [2.45, 2.75) is 11.8 Å². The second-order valence-corrected chi connectivity index (χ2v) is 7.47. The standard InChI is InChI=1S/C19H22N2O3S/c1-15-14-18(11-12-19(15)24-4)25(22,23)20-13-5-6-16-7-9-17(10-8-16)21(2)3/h7-12,14,20H,13H2,1-4H3. The number of methoxy groups -OCH3 is 1. The van der Waals surface area contributed by atoms with E-state index in [1.165, 1.54) is 6.07 Å². The maximum Gasteiger partial charge on any atom is 0.241 e. The van der Waals surface area contributed by atoms with Crippen molar-refractivity contribution >= 4 is 15.7 Å². The van der Waals surface area contributed by atoms with Crippen molar-refractivity contribution in [3.63, 3.8) is 0 Å². The number of ether oxygens (including phenoxy) is 1. The molecule has 0 heterocycles. The summed E-state index contributed by atoms with van der Waals surface area (Å²) in [4.78, 5) is 2.20. The van der Waals surface area contributed by atoms with E-state index in [2.05, 4.69) is 16.6 Å². The second kappa shape index (κ2) is 8.06. The van der Waals surface area contributed by atoms with Gasteiger partial charge in [-0.1, -0.05) is 11.8 Å². The lowest BCUT2D eigenvalue weighted by molar-refractivity contribution is 0.411. The molecule has 5 nitrogen and oxygen atoms in total. The highest BCUT2D eigenvalue weighted by Gasteiger charge is 2.14. The summed E-state index contributed by atoms with van der Waals surface area (Å²) < 4.78 is 32.2. The Kier molecular flexibility index (Phi) is 6.07. The van der Waals surface area contributed by atoms with Crippen LogP contribution in [0.1, 0.15) is 11.1 Å². The highest BCUT2D eigenvalue weighted by Crippen LogP contribution is 2.21. The number of nitrogens with one attached hydrogen (secondary N) is 1. The van der Waals surface area contributed by atoms with Crippen LogP contribution in [0.4, 0.5) is 5.69 Å². The highest BCUT2D eigenvalue weighted by molar-refractivity contribution is 7.89. The molecule has 0 fully saturated rings. The first-order chi connectivity index (χ1) is 11.8. The Morgan fingerprint density at radius 2 is 1.80 bits per heavy atom. The van der Waals surface area contributed by atoms with Crippen LogP contribution in [-0.2, 0) is 10.0 Å². The molecule has 132 valence electrons. The van der Waals surface area contributed by atoms with Crippen LogP contribution in [0.2, 0.25) is 0 Å². The van der Waals surface area contributed by atoms with E-state index in [9.17, 15) is 8.42 Å². The molecule has 25 heavy (non-hydrogen) atoms. The van der Waals surface area contributed by atoms with Gasteiger partial charge in [0.25, 0.3) is 0 Å². The van der Waals surface area contributed by atoms with E-state index in [0.29, 0.717) is 5.75 Å². The average molecular weight is 358 g/mol. The molecule has 0 saturated heterocycles. The summed E-state index contributed by atoms with van der Waals surface area (Å²) in [5.41, 5.74) is 2.68. The molecule has 1 N–H and O–H groups in total. The van der Waals surface area contributed by atoms with E-state index < -0.39 is 10.0 Å². The van der Waals surface area contributed by atoms with E-state index in [0.717, 1.165) is 16.8 Å². The molecule has 0 amide bonds. The van der Waals surface area contributed by atoms with Gasteiger partial charge in [-0.2, -0.15) is 4.72 Å². The number of rotatable bonds is 5. The van der Waals surface area contributed by atoms with Crippen molar-refractivity contribution in [2.24, 2.45) is 0 Å². The highest BCUT2D eigenvalue weighted by atomic mass is 32.2. The predicted octanol–water partition coefficient (Wildman–Crippen LogP) is 2.40. The summed E-state index contributed by atoms with van der Waals surface area (Å²) in [6.07, 6.45) is 0. The predicted molar refractivity (Wildman–Crippen MR) is 101 cm³/mol. The molecular formula is C19H22N2O3S. The minimum atomic E-state index is -3.59. The van der Waals surface area contributed by atoms with Crippen LogP contribution in [0.5, 0.6) is 5.75 Å². The van der Waals surface area contributed by atoms with Crippen LogP contribution in [-0.4, -0.2) is 36.2 Å². The summed E-state index contributed by atoms with van der Waals surface area (Å²) in [5.74, 6) is 6.44. The molecule has 6 heteroatoms. The summed E-state index contributed by atoms with van der Waals surface area (Å²) in [6.45, 7) is 1.85. The van der Waals surface area contributed by atoms with Gasteiger partial charge in [-0.25, -0.2) is 8.42 Å². The van der Waals surface area contributed by atoms with Gasteiger partial charge in [0.2, 0.25) is 10.0 Å². The molecule has 0 spiro atoms. The number of aryl methyl sites for hydroxylation is 1. The molecule has 0 aliphatic heterocycles. The molecule has 2 aromatic carbocycles. The van der Waals surface area contributed by atoms with E-state index in [4.69, 9.17) is 4.74 Å². The Balaban J connectivity index is 2.02. The van der Waals surface area contributed by atoms with E-state index in [-0.39, 0.29) is 11.4 Å². The monoisotopic (exact) mass is 358 g/mol. The van der Waals surface area contributed by atoms with Crippen molar-refractivity contribution in [3.05, 3.63) is 53.6 Å². The molecule has 0 aliphatic carbocycles. The quantitative estimate of drug-likeness (QED) is 0.834. The number of hydrogen-bond acceptors (Lipinski definition) is 4. The molecule has 0 atom stereocenters. The minimum Gasteiger partial charge on any atom is -0.496 e. The van der Waals surface area contributed by atoms with Crippen LogP contribution < -0.4 is 14.4 Å². The number of nitrogens with zero attached hydrogens (tertiary/aromatic N) is 1. The van der Waals surface area contributed by atoms with Crippen LogP contribution >= 0.6 is 0 Å². The molecule has 0 aliphatic rings. The van der Waals surface area contributed by atoms with Gasteiger partial charge < -0.3 is 9.64 Å². The van der Waals surface area contributed by atoms with Crippen LogP contribution in [0, 0.1) is 18.8 Å². The van der Waals surface area contributed by atoms with Crippen LogP contribution in [0.3, 0.4) is 0 Å². The largest absolute Gasteiger partial charge is 0.496 e. The fraction of sp³-hybridized carbons (Fsp3) is 0.263. The Morgan fingerprint density at radius 3 is 2.36 bits per heavy atom. The van der Waals surface area contributed by atoms with E-state index in [1.54, 1.807) is 26.2 Å². The van der Waals surface area contributed by atoms with E-state index >= 15 is 0 Å². The first-order valence-electron chi connectivity index (χ1n) is 7.74. The third-order valence-corrected chi connectivity index (χ3v) is 5.04. The Bertz CT molecular complexity index is 893. The van der Waals surface area contributed by atoms with Crippen LogP contribution in [0.15, 0.2) is 47.4 Å². The normalized spacial score (nSPS) is 10.7.